The minimum absolute atomic E-state index is 0.00455. The summed E-state index contributed by atoms with van der Waals surface area (Å²) in [4.78, 5) is 73.4. The molecule has 0 bridgehead atoms. The molecule has 0 heterocycles. The highest BCUT2D eigenvalue weighted by Gasteiger charge is 2.21. The highest BCUT2D eigenvalue weighted by Crippen LogP contribution is 2.09. The van der Waals surface area contributed by atoms with Gasteiger partial charge in [-0.05, 0) is 29.2 Å². The van der Waals surface area contributed by atoms with Crippen LogP contribution < -0.4 is 10.6 Å². The topological polar surface area (TPSA) is 182 Å². The molecule has 0 aromatic heterocycles. The van der Waals surface area contributed by atoms with Gasteiger partial charge in [0.05, 0.1) is 12.8 Å². The van der Waals surface area contributed by atoms with Gasteiger partial charge in [0.1, 0.15) is 26.4 Å². The first-order chi connectivity index (χ1) is 25.5. The molecular weight excluding hydrogens is 688 g/mol. The molecule has 14 heteroatoms. The van der Waals surface area contributed by atoms with Crippen molar-refractivity contribution in [1.29, 1.82) is 0 Å². The van der Waals surface area contributed by atoms with Gasteiger partial charge in [-0.25, -0.2) is 19.2 Å². The van der Waals surface area contributed by atoms with E-state index in [2.05, 4.69) is 23.8 Å². The normalized spacial score (nSPS) is 11.4. The van der Waals surface area contributed by atoms with E-state index in [9.17, 15) is 28.8 Å². The molecule has 0 saturated heterocycles. The van der Waals surface area contributed by atoms with Crippen LogP contribution in [0.2, 0.25) is 0 Å². The van der Waals surface area contributed by atoms with Crippen LogP contribution in [0.3, 0.4) is 0 Å². The molecule has 0 radical (unpaired) electrons. The number of benzene rings is 3. The van der Waals surface area contributed by atoms with E-state index in [1.165, 1.54) is 6.92 Å². The van der Waals surface area contributed by atoms with E-state index in [1.54, 1.807) is 72.8 Å². The minimum atomic E-state index is -1.10. The summed E-state index contributed by atoms with van der Waals surface area (Å²) in [6.45, 7) is 6.90. The smallest absolute Gasteiger partial charge is 0.407 e. The van der Waals surface area contributed by atoms with Gasteiger partial charge >= 0.3 is 36.1 Å². The summed E-state index contributed by atoms with van der Waals surface area (Å²) in [5.41, 5.74) is 2.92. The highest BCUT2D eigenvalue weighted by molar-refractivity contribution is 5.87. The first-order valence-corrected chi connectivity index (χ1v) is 16.5. The maximum Gasteiger partial charge on any atom is 0.407 e. The van der Waals surface area contributed by atoms with Crippen LogP contribution in [0.4, 0.5) is 9.59 Å². The maximum absolute atomic E-state index is 12.7. The number of esters is 4. The lowest BCUT2D eigenvalue weighted by Gasteiger charge is -2.19. The van der Waals surface area contributed by atoms with Crippen molar-refractivity contribution in [2.75, 3.05) is 26.4 Å². The molecule has 2 atom stereocenters. The van der Waals surface area contributed by atoms with Crippen molar-refractivity contribution < 1.29 is 57.2 Å². The summed E-state index contributed by atoms with van der Waals surface area (Å²) < 4.78 is 31.4. The molecule has 2 amide bonds. The third kappa shape index (κ3) is 16.9. The number of hydrogen-bond acceptors (Lipinski definition) is 12. The Bertz CT molecular complexity index is 1710. The molecule has 0 spiro atoms. The monoisotopic (exact) mass is 730 g/mol. The molecule has 14 nitrogen and oxygen atoms in total. The van der Waals surface area contributed by atoms with Crippen LogP contribution in [0.15, 0.2) is 110 Å². The van der Waals surface area contributed by atoms with Crippen molar-refractivity contribution in [2.24, 2.45) is 0 Å². The number of carbonyl (C=O) groups is 6. The standard InChI is InChI=1S/C39H42N2O12/c1-4-34(42)48-23-32(24-49-35(43)19-28-12-7-5-8-13-28)52-38(46)40-21-30-16-11-17-31(18-30)22-41-39(47)53-33(26-51-37(45)27(2)3)25-50-36(44)20-29-14-9-6-10-15-29/h4-18,32-33H,1-2,19-26H2,3H3,(H,40,46)(H,41,47). The lowest BCUT2D eigenvalue weighted by atomic mass is 10.1. The minimum Gasteiger partial charge on any atom is -0.461 e. The lowest BCUT2D eigenvalue weighted by molar-refractivity contribution is -0.151. The number of nitrogens with one attached hydrogen (secondary N) is 2. The van der Waals surface area contributed by atoms with E-state index in [-0.39, 0.29) is 57.9 Å². The molecule has 53 heavy (non-hydrogen) atoms. The SMILES string of the molecule is C=CC(=O)OCC(COC(=O)Cc1ccccc1)OC(=O)NCc1cccc(CNC(=O)OC(COC(=O)Cc2ccccc2)COC(=O)C(=C)C)c1. The predicted octanol–water partition coefficient (Wildman–Crippen LogP) is 4.30. The molecule has 2 unspecified atom stereocenters. The van der Waals surface area contributed by atoms with Gasteiger partial charge in [0.15, 0.2) is 12.2 Å². The van der Waals surface area contributed by atoms with Gasteiger partial charge in [0.2, 0.25) is 0 Å². The van der Waals surface area contributed by atoms with Crippen molar-refractivity contribution in [3.05, 3.63) is 132 Å². The molecule has 0 aliphatic carbocycles. The Balaban J connectivity index is 1.49. The fourth-order valence-electron chi connectivity index (χ4n) is 4.34. The zero-order valence-corrected chi connectivity index (χ0v) is 29.3. The molecular formula is C39H42N2O12. The van der Waals surface area contributed by atoms with Crippen LogP contribution >= 0.6 is 0 Å². The Kier molecular flexibility index (Phi) is 17.3. The molecule has 3 aromatic carbocycles. The van der Waals surface area contributed by atoms with Crippen LogP contribution in [0, 0.1) is 0 Å². The molecule has 0 aliphatic heterocycles. The molecule has 0 fully saturated rings. The highest BCUT2D eigenvalue weighted by atomic mass is 16.6. The van der Waals surface area contributed by atoms with Crippen LogP contribution in [-0.2, 0) is 73.5 Å². The molecule has 0 saturated carbocycles. The van der Waals surface area contributed by atoms with Gasteiger partial charge in [0, 0.05) is 24.7 Å². The van der Waals surface area contributed by atoms with E-state index >= 15 is 0 Å². The summed E-state index contributed by atoms with van der Waals surface area (Å²) in [7, 11) is 0. The van der Waals surface area contributed by atoms with E-state index in [1.807, 2.05) is 12.1 Å². The van der Waals surface area contributed by atoms with Crippen molar-refractivity contribution in [3.63, 3.8) is 0 Å². The van der Waals surface area contributed by atoms with Crippen LogP contribution in [0.1, 0.15) is 29.2 Å². The number of carbonyl (C=O) groups excluding carboxylic acids is 6. The second kappa shape index (κ2) is 22.4. The van der Waals surface area contributed by atoms with Crippen molar-refractivity contribution in [1.82, 2.24) is 10.6 Å². The van der Waals surface area contributed by atoms with E-state index < -0.39 is 48.3 Å². The van der Waals surface area contributed by atoms with Gasteiger partial charge in [-0.15, -0.1) is 0 Å². The second-order valence-corrected chi connectivity index (χ2v) is 11.5. The molecule has 0 aliphatic rings. The van der Waals surface area contributed by atoms with Crippen molar-refractivity contribution in [3.8, 4) is 0 Å². The molecule has 3 aromatic rings. The maximum atomic E-state index is 12.7. The van der Waals surface area contributed by atoms with Gasteiger partial charge in [0.25, 0.3) is 0 Å². The van der Waals surface area contributed by atoms with Crippen molar-refractivity contribution >= 4 is 36.1 Å². The summed E-state index contributed by atoms with van der Waals surface area (Å²) in [6.07, 6.45) is -2.96. The molecule has 3 rings (SSSR count). The van der Waals surface area contributed by atoms with Crippen LogP contribution in [0.25, 0.3) is 0 Å². The second-order valence-electron chi connectivity index (χ2n) is 11.5. The summed E-state index contributed by atoms with van der Waals surface area (Å²) in [6, 6.07) is 24.7. The average molecular weight is 731 g/mol. The van der Waals surface area contributed by atoms with Crippen LogP contribution in [0.5, 0.6) is 0 Å². The number of ether oxygens (including phenoxy) is 6. The molecule has 280 valence electrons. The summed E-state index contributed by atoms with van der Waals surface area (Å²) in [5.74, 6) is -2.55. The Morgan fingerprint density at radius 1 is 0.604 bits per heavy atom. The summed E-state index contributed by atoms with van der Waals surface area (Å²) >= 11 is 0. The zero-order valence-electron chi connectivity index (χ0n) is 29.3. The van der Waals surface area contributed by atoms with Crippen molar-refractivity contribution in [2.45, 2.75) is 45.1 Å². The fraction of sp³-hybridized carbons (Fsp3) is 0.282. The first kappa shape index (κ1) is 41.0. The average Bonchev–Trinajstić information content (AvgIpc) is 3.15. The number of alkyl carbamates (subject to hydrolysis) is 2. The first-order valence-electron chi connectivity index (χ1n) is 16.5. The van der Waals surface area contributed by atoms with E-state index in [4.69, 9.17) is 28.4 Å². The number of amides is 2. The Morgan fingerprint density at radius 3 is 1.45 bits per heavy atom. The van der Waals surface area contributed by atoms with E-state index in [0.29, 0.717) is 11.1 Å². The van der Waals surface area contributed by atoms with Gasteiger partial charge < -0.3 is 39.1 Å². The van der Waals surface area contributed by atoms with Gasteiger partial charge in [-0.3, -0.25) is 9.59 Å². The predicted molar refractivity (Wildman–Crippen MR) is 190 cm³/mol. The third-order valence-corrected chi connectivity index (χ3v) is 6.98. The number of hydrogen-bond donors (Lipinski definition) is 2. The molecule has 2 N–H and O–H groups in total. The van der Waals surface area contributed by atoms with E-state index in [0.717, 1.165) is 17.2 Å². The Hall–Kier alpha value is -6.44. The Morgan fingerprint density at radius 2 is 1.02 bits per heavy atom. The lowest BCUT2D eigenvalue weighted by Crippen LogP contribution is -2.35. The summed E-state index contributed by atoms with van der Waals surface area (Å²) in [5, 5.41) is 5.17. The zero-order chi connectivity index (χ0) is 38.4. The quantitative estimate of drug-likeness (QED) is 0.0957. The largest absolute Gasteiger partial charge is 0.461 e. The Labute approximate surface area is 307 Å². The van der Waals surface area contributed by atoms with Crippen LogP contribution in [-0.4, -0.2) is 74.7 Å². The fourth-order valence-corrected chi connectivity index (χ4v) is 4.34. The van der Waals surface area contributed by atoms with Gasteiger partial charge in [-0.2, -0.15) is 0 Å². The third-order valence-electron chi connectivity index (χ3n) is 6.98. The number of rotatable bonds is 20. The van der Waals surface area contributed by atoms with Gasteiger partial charge in [-0.1, -0.05) is 98.1 Å².